The standard InChI is InChI=1S/C21H26N4O3S/c1-23(2)13-14-25-12-11-16-5-8-18(15-20(16)25)22-21(26)17-6-9-19(10-7-17)29(27,28)24(3)4/h5-12,15H,13-14H2,1-4H3,(H,22,26). The lowest BCUT2D eigenvalue weighted by molar-refractivity contribution is 0.102. The summed E-state index contributed by atoms with van der Waals surface area (Å²) in [7, 11) is 3.50. The van der Waals surface area contributed by atoms with Gasteiger partial charge in [0, 0.05) is 44.6 Å². The van der Waals surface area contributed by atoms with Crippen LogP contribution in [0, 0.1) is 0 Å². The second kappa shape index (κ2) is 8.36. The van der Waals surface area contributed by atoms with Gasteiger partial charge in [-0.3, -0.25) is 4.79 Å². The Bertz CT molecular complexity index is 1120. The van der Waals surface area contributed by atoms with Crippen molar-refractivity contribution in [2.45, 2.75) is 11.4 Å². The largest absolute Gasteiger partial charge is 0.346 e. The second-order valence-electron chi connectivity index (χ2n) is 7.35. The fourth-order valence-corrected chi connectivity index (χ4v) is 3.86. The molecular formula is C21H26N4O3S. The fourth-order valence-electron chi connectivity index (χ4n) is 2.96. The first-order valence-electron chi connectivity index (χ1n) is 9.26. The lowest BCUT2D eigenvalue weighted by atomic mass is 10.2. The van der Waals surface area contributed by atoms with Crippen LogP contribution in [-0.2, 0) is 16.6 Å². The van der Waals surface area contributed by atoms with Gasteiger partial charge in [0.2, 0.25) is 10.0 Å². The van der Waals surface area contributed by atoms with E-state index in [4.69, 9.17) is 0 Å². The van der Waals surface area contributed by atoms with Gasteiger partial charge in [-0.2, -0.15) is 0 Å². The fraction of sp³-hybridized carbons (Fsp3) is 0.286. The Balaban J connectivity index is 1.78. The second-order valence-corrected chi connectivity index (χ2v) is 9.50. The highest BCUT2D eigenvalue weighted by Crippen LogP contribution is 2.22. The number of rotatable bonds is 7. The number of amides is 1. The number of nitrogens with one attached hydrogen (secondary N) is 1. The Morgan fingerprint density at radius 1 is 1.00 bits per heavy atom. The van der Waals surface area contributed by atoms with Crippen LogP contribution in [0.5, 0.6) is 0 Å². The predicted octanol–water partition coefficient (Wildman–Crippen LogP) is 2.71. The summed E-state index contributed by atoms with van der Waals surface area (Å²) in [5, 5.41) is 4.00. The van der Waals surface area contributed by atoms with Crippen LogP contribution < -0.4 is 5.32 Å². The Labute approximate surface area is 171 Å². The first kappa shape index (κ1) is 21.0. The molecule has 3 rings (SSSR count). The van der Waals surface area contributed by atoms with Crippen LogP contribution in [-0.4, -0.2) is 62.8 Å². The molecule has 2 aromatic carbocycles. The van der Waals surface area contributed by atoms with Crippen molar-refractivity contribution >= 4 is 32.5 Å². The molecule has 0 aliphatic rings. The monoisotopic (exact) mass is 414 g/mol. The van der Waals surface area contributed by atoms with Crippen molar-refractivity contribution < 1.29 is 13.2 Å². The maximum Gasteiger partial charge on any atom is 0.255 e. The van der Waals surface area contributed by atoms with E-state index in [1.807, 2.05) is 38.5 Å². The van der Waals surface area contributed by atoms with Crippen LogP contribution in [0.2, 0.25) is 0 Å². The molecule has 0 unspecified atom stereocenters. The van der Waals surface area contributed by atoms with Crippen LogP contribution in [0.25, 0.3) is 10.9 Å². The number of hydrogen-bond acceptors (Lipinski definition) is 4. The third-order valence-corrected chi connectivity index (χ3v) is 6.54. The molecule has 0 radical (unpaired) electrons. The molecular weight excluding hydrogens is 388 g/mol. The van der Waals surface area contributed by atoms with E-state index in [0.717, 1.165) is 28.3 Å². The van der Waals surface area contributed by atoms with Crippen molar-refractivity contribution in [3.8, 4) is 0 Å². The number of hydrogen-bond donors (Lipinski definition) is 1. The maximum atomic E-state index is 12.6. The van der Waals surface area contributed by atoms with Gasteiger partial charge in [-0.15, -0.1) is 0 Å². The number of benzene rings is 2. The molecule has 1 N–H and O–H groups in total. The van der Waals surface area contributed by atoms with Crippen LogP contribution in [0.4, 0.5) is 5.69 Å². The van der Waals surface area contributed by atoms with Gasteiger partial charge in [-0.05, 0) is 61.9 Å². The molecule has 0 saturated heterocycles. The van der Waals surface area contributed by atoms with E-state index in [1.54, 1.807) is 0 Å². The molecule has 1 aromatic heterocycles. The highest BCUT2D eigenvalue weighted by molar-refractivity contribution is 7.89. The average molecular weight is 415 g/mol. The number of carbonyl (C=O) groups excluding carboxylic acids is 1. The van der Waals surface area contributed by atoms with Gasteiger partial charge in [0.1, 0.15) is 0 Å². The molecule has 1 amide bonds. The van der Waals surface area contributed by atoms with E-state index in [-0.39, 0.29) is 10.8 Å². The summed E-state index contributed by atoms with van der Waals surface area (Å²) in [4.78, 5) is 14.9. The first-order chi connectivity index (χ1) is 13.7. The van der Waals surface area contributed by atoms with Gasteiger partial charge in [0.05, 0.1) is 10.4 Å². The zero-order valence-electron chi connectivity index (χ0n) is 17.1. The third-order valence-electron chi connectivity index (χ3n) is 4.71. The molecule has 0 aliphatic carbocycles. The molecule has 1 heterocycles. The highest BCUT2D eigenvalue weighted by Gasteiger charge is 2.17. The molecule has 3 aromatic rings. The Kier molecular flexibility index (Phi) is 6.07. The van der Waals surface area contributed by atoms with E-state index < -0.39 is 10.0 Å². The van der Waals surface area contributed by atoms with Gasteiger partial charge in [0.15, 0.2) is 0 Å². The zero-order chi connectivity index (χ0) is 21.2. The number of fused-ring (bicyclic) bond motifs is 1. The summed E-state index contributed by atoms with van der Waals surface area (Å²) < 4.78 is 27.6. The van der Waals surface area contributed by atoms with Crippen molar-refractivity contribution in [3.05, 3.63) is 60.3 Å². The molecule has 0 aliphatic heterocycles. The van der Waals surface area contributed by atoms with Gasteiger partial charge < -0.3 is 14.8 Å². The molecule has 7 nitrogen and oxygen atoms in total. The molecule has 0 spiro atoms. The summed E-state index contributed by atoms with van der Waals surface area (Å²) in [6.45, 7) is 1.78. The smallest absolute Gasteiger partial charge is 0.255 e. The molecule has 0 saturated carbocycles. The molecule has 0 atom stereocenters. The molecule has 154 valence electrons. The number of nitrogens with zero attached hydrogens (tertiary/aromatic N) is 3. The quantitative estimate of drug-likeness (QED) is 0.645. The van der Waals surface area contributed by atoms with E-state index in [0.29, 0.717) is 11.3 Å². The SMILES string of the molecule is CN(C)CCn1ccc2ccc(NC(=O)c3ccc(S(=O)(=O)N(C)C)cc3)cc21. The minimum absolute atomic E-state index is 0.152. The van der Waals surface area contributed by atoms with Crippen LogP contribution in [0.1, 0.15) is 10.4 Å². The Morgan fingerprint density at radius 3 is 2.31 bits per heavy atom. The molecule has 0 fully saturated rings. The predicted molar refractivity (Wildman–Crippen MR) is 116 cm³/mol. The van der Waals surface area contributed by atoms with Gasteiger partial charge >= 0.3 is 0 Å². The van der Waals surface area contributed by atoms with Crippen molar-refractivity contribution in [1.29, 1.82) is 0 Å². The number of aromatic nitrogens is 1. The van der Waals surface area contributed by atoms with Crippen molar-refractivity contribution in [1.82, 2.24) is 13.8 Å². The maximum absolute atomic E-state index is 12.6. The number of likely N-dealkylation sites (N-methyl/N-ethyl adjacent to an activating group) is 1. The minimum Gasteiger partial charge on any atom is -0.346 e. The lowest BCUT2D eigenvalue weighted by Crippen LogP contribution is -2.22. The third kappa shape index (κ3) is 4.67. The Morgan fingerprint density at radius 2 is 1.69 bits per heavy atom. The van der Waals surface area contributed by atoms with Crippen LogP contribution >= 0.6 is 0 Å². The van der Waals surface area contributed by atoms with Crippen LogP contribution in [0.15, 0.2) is 59.6 Å². The summed E-state index contributed by atoms with van der Waals surface area (Å²) >= 11 is 0. The summed E-state index contributed by atoms with van der Waals surface area (Å²) in [5.74, 6) is -0.287. The van der Waals surface area contributed by atoms with Crippen molar-refractivity contribution in [2.24, 2.45) is 0 Å². The van der Waals surface area contributed by atoms with E-state index in [2.05, 4.69) is 20.9 Å². The molecule has 0 bridgehead atoms. The zero-order valence-corrected chi connectivity index (χ0v) is 17.9. The minimum atomic E-state index is -3.52. The topological polar surface area (TPSA) is 74.6 Å². The van der Waals surface area contributed by atoms with E-state index in [9.17, 15) is 13.2 Å². The normalized spacial score (nSPS) is 12.1. The molecule has 29 heavy (non-hydrogen) atoms. The molecule has 8 heteroatoms. The van der Waals surface area contributed by atoms with E-state index >= 15 is 0 Å². The lowest BCUT2D eigenvalue weighted by Gasteiger charge is -2.12. The number of anilines is 1. The van der Waals surface area contributed by atoms with Gasteiger partial charge in [-0.25, -0.2) is 12.7 Å². The van der Waals surface area contributed by atoms with E-state index in [1.165, 1.54) is 38.4 Å². The van der Waals surface area contributed by atoms with Gasteiger partial charge in [-0.1, -0.05) is 6.07 Å². The summed E-state index contributed by atoms with van der Waals surface area (Å²) in [6, 6.07) is 13.8. The summed E-state index contributed by atoms with van der Waals surface area (Å²) in [5.41, 5.74) is 2.14. The Hall–Kier alpha value is -2.68. The first-order valence-corrected chi connectivity index (χ1v) is 10.7. The van der Waals surface area contributed by atoms with Crippen molar-refractivity contribution in [3.63, 3.8) is 0 Å². The average Bonchev–Trinajstić information content (AvgIpc) is 3.08. The van der Waals surface area contributed by atoms with Crippen LogP contribution in [0.3, 0.4) is 0 Å². The summed E-state index contributed by atoms with van der Waals surface area (Å²) in [6.07, 6.45) is 2.05. The number of sulfonamides is 1. The number of carbonyl (C=O) groups is 1. The highest BCUT2D eigenvalue weighted by atomic mass is 32.2. The van der Waals surface area contributed by atoms with Crippen molar-refractivity contribution in [2.75, 3.05) is 40.1 Å². The van der Waals surface area contributed by atoms with Gasteiger partial charge in [0.25, 0.3) is 5.91 Å².